The van der Waals surface area contributed by atoms with E-state index in [2.05, 4.69) is 33.8 Å². The zero-order valence-electron chi connectivity index (χ0n) is 13.1. The maximum Gasteiger partial charge on any atom is 0.335 e. The summed E-state index contributed by atoms with van der Waals surface area (Å²) in [6.45, 7) is 10.5. The highest BCUT2D eigenvalue weighted by Crippen LogP contribution is 2.26. The molecule has 0 radical (unpaired) electrons. The van der Waals surface area contributed by atoms with Crippen molar-refractivity contribution >= 4 is 17.5 Å². The molecule has 4 nitrogen and oxygen atoms in total. The van der Waals surface area contributed by atoms with E-state index in [1.165, 1.54) is 11.1 Å². The molecule has 1 aromatic rings. The van der Waals surface area contributed by atoms with Gasteiger partial charge in [-0.25, -0.2) is 0 Å². The van der Waals surface area contributed by atoms with Gasteiger partial charge in [0.2, 0.25) is 0 Å². The highest BCUT2D eigenvalue weighted by molar-refractivity contribution is 7.51. The Balaban J connectivity index is 0.000000677. The number of likely N-dealkylation sites (tertiary alicyclic amines) is 1. The summed E-state index contributed by atoms with van der Waals surface area (Å²) in [7, 11) is 0. The molecular formula is C16H23NO3S. The molecule has 1 aliphatic rings. The lowest BCUT2D eigenvalue weighted by Gasteiger charge is -2.23. The third kappa shape index (κ3) is 4.77. The van der Waals surface area contributed by atoms with Crippen LogP contribution in [0.4, 0.5) is 0 Å². The molecule has 116 valence electrons. The summed E-state index contributed by atoms with van der Waals surface area (Å²) in [6.07, 6.45) is 2.29. The molecule has 5 heteroatoms. The highest BCUT2D eigenvalue weighted by Gasteiger charge is 2.21. The van der Waals surface area contributed by atoms with Gasteiger partial charge in [0.25, 0.3) is 5.91 Å². The third-order valence-electron chi connectivity index (χ3n) is 3.67. The van der Waals surface area contributed by atoms with E-state index in [4.69, 9.17) is 8.42 Å². The average molecular weight is 309 g/mol. The van der Waals surface area contributed by atoms with Crippen molar-refractivity contribution in [2.24, 2.45) is 0 Å². The van der Waals surface area contributed by atoms with Crippen molar-refractivity contribution in [3.63, 3.8) is 0 Å². The monoisotopic (exact) mass is 309 g/mol. The molecule has 0 spiro atoms. The molecule has 0 unspecified atom stereocenters. The molecule has 1 aromatic carbocycles. The average Bonchev–Trinajstić information content (AvgIpc) is 2.91. The van der Waals surface area contributed by atoms with E-state index < -0.39 is 11.6 Å². The quantitative estimate of drug-likeness (QED) is 0.801. The predicted octanol–water partition coefficient (Wildman–Crippen LogP) is 2.86. The molecule has 0 N–H and O–H groups in total. The molecule has 0 saturated carbocycles. The predicted molar refractivity (Wildman–Crippen MR) is 83.9 cm³/mol. The number of carbonyl (C=O) groups excluding carboxylic acids is 1. The van der Waals surface area contributed by atoms with E-state index in [1.54, 1.807) is 0 Å². The van der Waals surface area contributed by atoms with Gasteiger partial charge in [0, 0.05) is 18.7 Å². The minimum atomic E-state index is -0.750. The molecule has 1 heterocycles. The van der Waals surface area contributed by atoms with Gasteiger partial charge in [-0.1, -0.05) is 26.8 Å². The number of rotatable bonds is 1. The SMILES string of the molecule is Cc1cc(C(=O)N2CCCC2)ccc1C(C)(C)C.O=S=O. The number of amides is 1. The molecule has 0 aliphatic carbocycles. The Morgan fingerprint density at radius 3 is 2.10 bits per heavy atom. The Labute approximate surface area is 130 Å². The molecule has 0 bridgehead atoms. The number of carbonyl (C=O) groups is 1. The molecule has 1 saturated heterocycles. The first-order chi connectivity index (χ1) is 9.81. The van der Waals surface area contributed by atoms with Crippen molar-refractivity contribution in [3.05, 3.63) is 34.9 Å². The third-order valence-corrected chi connectivity index (χ3v) is 3.67. The van der Waals surface area contributed by atoms with Gasteiger partial charge in [-0.15, -0.1) is 0 Å². The van der Waals surface area contributed by atoms with Crippen LogP contribution in [0, 0.1) is 6.92 Å². The fraction of sp³-hybridized carbons (Fsp3) is 0.562. The topological polar surface area (TPSA) is 54.5 Å². The minimum absolute atomic E-state index is 0.138. The number of hydrogen-bond donors (Lipinski definition) is 0. The van der Waals surface area contributed by atoms with Gasteiger partial charge < -0.3 is 4.90 Å². The van der Waals surface area contributed by atoms with Gasteiger partial charge >= 0.3 is 11.6 Å². The maximum absolute atomic E-state index is 12.3. The van der Waals surface area contributed by atoms with Crippen molar-refractivity contribution in [2.75, 3.05) is 13.1 Å². The minimum Gasteiger partial charge on any atom is -0.339 e. The Morgan fingerprint density at radius 1 is 1.14 bits per heavy atom. The molecule has 0 atom stereocenters. The van der Waals surface area contributed by atoms with Crippen LogP contribution in [-0.2, 0) is 17.0 Å². The van der Waals surface area contributed by atoms with Gasteiger partial charge in [-0.05, 0) is 48.4 Å². The second kappa shape index (κ2) is 7.50. The first-order valence-corrected chi connectivity index (χ1v) is 7.80. The van der Waals surface area contributed by atoms with Crippen LogP contribution in [0.1, 0.15) is 55.1 Å². The Bertz CT molecular complexity index is 537. The van der Waals surface area contributed by atoms with Crippen LogP contribution in [0.25, 0.3) is 0 Å². The van der Waals surface area contributed by atoms with E-state index >= 15 is 0 Å². The molecule has 0 aromatic heterocycles. The summed E-state index contributed by atoms with van der Waals surface area (Å²) >= 11 is -0.750. The fourth-order valence-electron chi connectivity index (χ4n) is 2.74. The molecule has 1 amide bonds. The van der Waals surface area contributed by atoms with Crippen molar-refractivity contribution in [3.8, 4) is 0 Å². The van der Waals surface area contributed by atoms with Crippen molar-refractivity contribution in [2.45, 2.75) is 46.0 Å². The number of benzene rings is 1. The summed E-state index contributed by atoms with van der Waals surface area (Å²) in [5.41, 5.74) is 3.51. The van der Waals surface area contributed by atoms with Gasteiger partial charge in [0.05, 0.1) is 0 Å². The largest absolute Gasteiger partial charge is 0.339 e. The van der Waals surface area contributed by atoms with E-state index in [9.17, 15) is 4.79 Å². The molecular weight excluding hydrogens is 286 g/mol. The van der Waals surface area contributed by atoms with E-state index in [-0.39, 0.29) is 11.3 Å². The fourth-order valence-corrected chi connectivity index (χ4v) is 2.74. The van der Waals surface area contributed by atoms with Crippen molar-refractivity contribution in [1.29, 1.82) is 0 Å². The van der Waals surface area contributed by atoms with E-state index in [0.717, 1.165) is 31.5 Å². The number of hydrogen-bond acceptors (Lipinski definition) is 3. The number of aryl methyl sites for hydroxylation is 1. The maximum atomic E-state index is 12.3. The van der Waals surface area contributed by atoms with Crippen LogP contribution in [-0.4, -0.2) is 32.3 Å². The lowest BCUT2D eigenvalue weighted by molar-refractivity contribution is 0.0792. The van der Waals surface area contributed by atoms with Crippen molar-refractivity contribution in [1.82, 2.24) is 4.90 Å². The Kier molecular flexibility index (Phi) is 6.27. The molecule has 21 heavy (non-hydrogen) atoms. The molecule has 2 rings (SSSR count). The van der Waals surface area contributed by atoms with Crippen LogP contribution >= 0.6 is 0 Å². The van der Waals surface area contributed by atoms with E-state index in [0.29, 0.717) is 0 Å². The van der Waals surface area contributed by atoms with Crippen LogP contribution in [0.2, 0.25) is 0 Å². The first kappa shape index (κ1) is 17.6. The smallest absolute Gasteiger partial charge is 0.335 e. The lowest BCUT2D eigenvalue weighted by atomic mass is 9.83. The summed E-state index contributed by atoms with van der Waals surface area (Å²) in [5.74, 6) is 0.191. The Morgan fingerprint density at radius 2 is 1.67 bits per heavy atom. The highest BCUT2D eigenvalue weighted by atomic mass is 32.1. The zero-order chi connectivity index (χ0) is 16.0. The second-order valence-electron chi connectivity index (χ2n) is 6.35. The van der Waals surface area contributed by atoms with Gasteiger partial charge in [-0.3, -0.25) is 4.79 Å². The summed E-state index contributed by atoms with van der Waals surface area (Å²) < 4.78 is 16.6. The van der Waals surface area contributed by atoms with Gasteiger partial charge in [0.15, 0.2) is 0 Å². The zero-order valence-corrected chi connectivity index (χ0v) is 14.0. The molecule has 1 aliphatic heterocycles. The molecule has 1 fully saturated rings. The van der Waals surface area contributed by atoms with E-state index in [1.807, 2.05) is 17.0 Å². The summed E-state index contributed by atoms with van der Waals surface area (Å²) in [4.78, 5) is 14.2. The van der Waals surface area contributed by atoms with Crippen LogP contribution in [0.5, 0.6) is 0 Å². The lowest BCUT2D eigenvalue weighted by Crippen LogP contribution is -2.27. The summed E-state index contributed by atoms with van der Waals surface area (Å²) in [5, 5.41) is 0. The van der Waals surface area contributed by atoms with Crippen LogP contribution < -0.4 is 0 Å². The van der Waals surface area contributed by atoms with Crippen molar-refractivity contribution < 1.29 is 13.2 Å². The van der Waals surface area contributed by atoms with Crippen LogP contribution in [0.3, 0.4) is 0 Å². The standard InChI is InChI=1S/C16H23NO.O2S/c1-12-11-13(7-8-14(12)16(2,3)4)15(18)17-9-5-6-10-17;1-3-2/h7-8,11H,5-6,9-10H2,1-4H3;. The van der Waals surface area contributed by atoms with Gasteiger partial charge in [0.1, 0.15) is 0 Å². The van der Waals surface area contributed by atoms with Crippen LogP contribution in [0.15, 0.2) is 18.2 Å². The summed E-state index contributed by atoms with van der Waals surface area (Å²) in [6, 6.07) is 6.13. The first-order valence-electron chi connectivity index (χ1n) is 7.13. The normalized spacial score (nSPS) is 14.4. The van der Waals surface area contributed by atoms with Gasteiger partial charge in [-0.2, -0.15) is 8.42 Å². The number of nitrogens with zero attached hydrogens (tertiary/aromatic N) is 1. The Hall–Kier alpha value is -1.49. The second-order valence-corrected chi connectivity index (χ2v) is 6.48.